The van der Waals surface area contributed by atoms with Crippen molar-refractivity contribution in [2.75, 3.05) is 5.32 Å². The minimum atomic E-state index is 0.186. The fourth-order valence-corrected chi connectivity index (χ4v) is 2.96. The molecule has 0 radical (unpaired) electrons. The first-order chi connectivity index (χ1) is 12.3. The van der Waals surface area contributed by atoms with Crippen LogP contribution in [0.3, 0.4) is 0 Å². The van der Waals surface area contributed by atoms with E-state index in [2.05, 4.69) is 15.3 Å². The lowest BCUT2D eigenvalue weighted by atomic mass is 10.2. The van der Waals surface area contributed by atoms with Gasteiger partial charge in [-0.25, -0.2) is 15.0 Å². The van der Waals surface area contributed by atoms with E-state index in [1.54, 1.807) is 43.1 Å². The predicted molar refractivity (Wildman–Crippen MR) is 95.0 cm³/mol. The van der Waals surface area contributed by atoms with Crippen LogP contribution in [-0.4, -0.2) is 29.4 Å². The van der Waals surface area contributed by atoms with Crippen molar-refractivity contribution in [1.82, 2.24) is 24.3 Å². The number of benzene rings is 1. The van der Waals surface area contributed by atoms with Gasteiger partial charge in [-0.3, -0.25) is 9.38 Å². The van der Waals surface area contributed by atoms with Gasteiger partial charge < -0.3 is 10.4 Å². The molecule has 0 aliphatic heterocycles. The third-order valence-electron chi connectivity index (χ3n) is 4.05. The first kappa shape index (κ1) is 13.7. The lowest BCUT2D eigenvalue weighted by Crippen LogP contribution is -1.98. The van der Waals surface area contributed by atoms with Crippen LogP contribution >= 0.6 is 0 Å². The van der Waals surface area contributed by atoms with Crippen molar-refractivity contribution < 1.29 is 5.11 Å². The van der Waals surface area contributed by atoms with Crippen molar-refractivity contribution in [1.29, 1.82) is 0 Å². The number of phenols is 1. The molecule has 0 amide bonds. The number of aromatic nitrogens is 5. The predicted octanol–water partition coefficient (Wildman–Crippen LogP) is 3.27. The summed E-state index contributed by atoms with van der Waals surface area (Å²) in [5.74, 6) is 0.825. The molecule has 0 aliphatic carbocycles. The summed E-state index contributed by atoms with van der Waals surface area (Å²) in [4.78, 5) is 17.8. The van der Waals surface area contributed by atoms with E-state index in [4.69, 9.17) is 9.97 Å². The summed E-state index contributed by atoms with van der Waals surface area (Å²) in [5, 5.41) is 13.9. The number of aromatic hydroxyl groups is 1. The van der Waals surface area contributed by atoms with E-state index in [0.29, 0.717) is 5.82 Å². The van der Waals surface area contributed by atoms with Gasteiger partial charge in [-0.2, -0.15) is 0 Å². The SMILES string of the molecule is Oc1cccc(Nc2nc3ccncc3c3nc4ccncn4c23)c1. The number of hydrogen-bond acceptors (Lipinski definition) is 6. The topological polar surface area (TPSA) is 88.2 Å². The molecule has 0 bridgehead atoms. The number of phenolic OH excluding ortho intramolecular Hbond substituents is 1. The Morgan fingerprint density at radius 1 is 1.00 bits per heavy atom. The number of imidazole rings is 1. The normalized spacial score (nSPS) is 11.4. The summed E-state index contributed by atoms with van der Waals surface area (Å²) in [7, 11) is 0. The standard InChI is InChI=1S/C18H12N6O/c25-12-3-1-2-11(8-12)21-18-17-16(13-9-19-6-4-14(13)22-18)23-15-5-7-20-10-24(15)17/h1-10,25H,(H,21,22). The molecule has 2 N–H and O–H groups in total. The fraction of sp³-hybridized carbons (Fsp3) is 0. The maximum Gasteiger partial charge on any atom is 0.157 e. The van der Waals surface area contributed by atoms with Crippen molar-refractivity contribution in [2.24, 2.45) is 0 Å². The molecule has 7 heteroatoms. The second-order valence-electron chi connectivity index (χ2n) is 5.65. The first-order valence-electron chi connectivity index (χ1n) is 7.71. The second kappa shape index (κ2) is 5.13. The zero-order valence-electron chi connectivity index (χ0n) is 13.0. The minimum absolute atomic E-state index is 0.186. The van der Waals surface area contributed by atoms with Crippen LogP contribution in [0.1, 0.15) is 0 Å². The van der Waals surface area contributed by atoms with Crippen molar-refractivity contribution in [3.8, 4) is 5.75 Å². The van der Waals surface area contributed by atoms with Crippen LogP contribution in [-0.2, 0) is 0 Å². The summed E-state index contributed by atoms with van der Waals surface area (Å²) in [6.45, 7) is 0. The second-order valence-corrected chi connectivity index (χ2v) is 5.65. The smallest absolute Gasteiger partial charge is 0.157 e. The molecule has 4 heterocycles. The number of hydrogen-bond donors (Lipinski definition) is 2. The van der Waals surface area contributed by atoms with Gasteiger partial charge in [0.25, 0.3) is 0 Å². The van der Waals surface area contributed by atoms with E-state index in [9.17, 15) is 5.11 Å². The molecule has 0 saturated heterocycles. The van der Waals surface area contributed by atoms with Gasteiger partial charge in [-0.1, -0.05) is 6.07 Å². The van der Waals surface area contributed by atoms with E-state index in [1.807, 2.05) is 22.6 Å². The highest BCUT2D eigenvalue weighted by molar-refractivity contribution is 6.08. The van der Waals surface area contributed by atoms with Gasteiger partial charge >= 0.3 is 0 Å². The molecule has 4 aromatic heterocycles. The zero-order chi connectivity index (χ0) is 16.8. The van der Waals surface area contributed by atoms with Gasteiger partial charge in [0.1, 0.15) is 28.8 Å². The van der Waals surface area contributed by atoms with Gasteiger partial charge in [0.05, 0.1) is 5.52 Å². The highest BCUT2D eigenvalue weighted by Gasteiger charge is 2.15. The quantitative estimate of drug-likeness (QED) is 0.517. The molecular formula is C18H12N6O. The van der Waals surface area contributed by atoms with Crippen LogP contribution < -0.4 is 5.32 Å². The monoisotopic (exact) mass is 328 g/mol. The molecule has 0 saturated carbocycles. The Labute approximate surface area is 141 Å². The van der Waals surface area contributed by atoms with Crippen molar-refractivity contribution in [3.63, 3.8) is 0 Å². The largest absolute Gasteiger partial charge is 0.508 e. The van der Waals surface area contributed by atoms with E-state index >= 15 is 0 Å². The minimum Gasteiger partial charge on any atom is -0.508 e. The Hall–Kier alpha value is -3.74. The molecule has 5 aromatic rings. The third kappa shape index (κ3) is 2.13. The zero-order valence-corrected chi connectivity index (χ0v) is 13.0. The summed E-state index contributed by atoms with van der Waals surface area (Å²) in [6, 6.07) is 10.6. The van der Waals surface area contributed by atoms with Crippen molar-refractivity contribution in [3.05, 3.63) is 61.3 Å². The van der Waals surface area contributed by atoms with Crippen LogP contribution in [0.15, 0.2) is 61.3 Å². The lowest BCUT2D eigenvalue weighted by Gasteiger charge is -2.09. The average molecular weight is 328 g/mol. The molecule has 5 rings (SSSR count). The number of nitrogens with zero attached hydrogens (tertiary/aromatic N) is 5. The van der Waals surface area contributed by atoms with Crippen LogP contribution in [0.5, 0.6) is 5.75 Å². The van der Waals surface area contributed by atoms with Gasteiger partial charge in [0.2, 0.25) is 0 Å². The highest BCUT2D eigenvalue weighted by Crippen LogP contribution is 2.31. The molecule has 120 valence electrons. The number of fused-ring (bicyclic) bond motifs is 5. The van der Waals surface area contributed by atoms with Gasteiger partial charge in [0.15, 0.2) is 5.82 Å². The Morgan fingerprint density at radius 3 is 2.84 bits per heavy atom. The maximum absolute atomic E-state index is 9.71. The van der Waals surface area contributed by atoms with Crippen molar-refractivity contribution >= 4 is 39.1 Å². The Kier molecular flexibility index (Phi) is 2.81. The van der Waals surface area contributed by atoms with Gasteiger partial charge in [0, 0.05) is 35.7 Å². The summed E-state index contributed by atoms with van der Waals surface area (Å²) >= 11 is 0. The lowest BCUT2D eigenvalue weighted by molar-refractivity contribution is 0.475. The van der Waals surface area contributed by atoms with E-state index in [0.717, 1.165) is 33.3 Å². The van der Waals surface area contributed by atoms with E-state index in [1.165, 1.54) is 0 Å². The molecular weight excluding hydrogens is 316 g/mol. The number of rotatable bonds is 2. The first-order valence-corrected chi connectivity index (χ1v) is 7.71. The summed E-state index contributed by atoms with van der Waals surface area (Å²) in [5.41, 5.74) is 3.92. The molecule has 0 aliphatic rings. The Morgan fingerprint density at radius 2 is 1.92 bits per heavy atom. The van der Waals surface area contributed by atoms with E-state index in [-0.39, 0.29) is 5.75 Å². The van der Waals surface area contributed by atoms with Gasteiger partial charge in [-0.05, 0) is 24.3 Å². The van der Waals surface area contributed by atoms with Gasteiger partial charge in [-0.15, -0.1) is 0 Å². The number of nitrogens with one attached hydrogen (secondary N) is 1. The molecule has 1 aromatic carbocycles. The summed E-state index contributed by atoms with van der Waals surface area (Å²) in [6.07, 6.45) is 6.89. The van der Waals surface area contributed by atoms with Crippen LogP contribution in [0, 0.1) is 0 Å². The highest BCUT2D eigenvalue weighted by atomic mass is 16.3. The van der Waals surface area contributed by atoms with Crippen LogP contribution in [0.2, 0.25) is 0 Å². The molecule has 0 atom stereocenters. The molecule has 0 spiro atoms. The molecule has 0 fully saturated rings. The summed E-state index contributed by atoms with van der Waals surface area (Å²) < 4.78 is 1.89. The third-order valence-corrected chi connectivity index (χ3v) is 4.05. The fourth-order valence-electron chi connectivity index (χ4n) is 2.96. The number of anilines is 2. The van der Waals surface area contributed by atoms with Crippen molar-refractivity contribution in [2.45, 2.75) is 0 Å². The maximum atomic E-state index is 9.71. The molecule has 7 nitrogen and oxygen atoms in total. The Balaban J connectivity index is 1.86. The Bertz CT molecular complexity index is 1250. The average Bonchev–Trinajstić information content (AvgIpc) is 3.02. The van der Waals surface area contributed by atoms with E-state index < -0.39 is 0 Å². The number of pyridine rings is 2. The molecule has 0 unspecified atom stereocenters. The van der Waals surface area contributed by atoms with Crippen LogP contribution in [0.25, 0.3) is 27.6 Å². The van der Waals surface area contributed by atoms with Crippen LogP contribution in [0.4, 0.5) is 11.5 Å². The molecule has 25 heavy (non-hydrogen) atoms.